The van der Waals surface area contributed by atoms with Crippen LogP contribution in [-0.4, -0.2) is 31.3 Å². The first-order valence-electron chi connectivity index (χ1n) is 6.65. The Bertz CT molecular complexity index is 596. The molecule has 0 bridgehead atoms. The molecule has 3 rings (SSSR count). The minimum Gasteiger partial charge on any atom is -0.872 e. The number of benzene rings is 1. The average Bonchev–Trinajstić information content (AvgIpc) is 2.67. The summed E-state index contributed by atoms with van der Waals surface area (Å²) in [5, 5.41) is 12.7. The fraction of sp³-hybridized carbons (Fsp3) is 0.400. The summed E-state index contributed by atoms with van der Waals surface area (Å²) >= 11 is 0. The van der Waals surface area contributed by atoms with Crippen LogP contribution in [0.2, 0.25) is 0 Å². The summed E-state index contributed by atoms with van der Waals surface area (Å²) in [4.78, 5) is 6.67. The van der Waals surface area contributed by atoms with Gasteiger partial charge < -0.3 is 14.7 Å². The van der Waals surface area contributed by atoms with Crippen LogP contribution in [0.1, 0.15) is 12.1 Å². The van der Waals surface area contributed by atoms with Gasteiger partial charge in [0.25, 0.3) is 0 Å². The molecule has 2 aromatic rings. The topological polar surface area (TPSA) is 48.4 Å². The minimum absolute atomic E-state index is 0. The predicted molar refractivity (Wildman–Crippen MR) is 73.6 cm³/mol. The van der Waals surface area contributed by atoms with E-state index < -0.39 is 0 Å². The van der Waals surface area contributed by atoms with Gasteiger partial charge in [-0.25, -0.2) is 0 Å². The summed E-state index contributed by atoms with van der Waals surface area (Å²) in [6, 6.07) is 7.53. The number of aromatic nitrogens is 1. The van der Waals surface area contributed by atoms with Crippen molar-refractivity contribution in [2.24, 2.45) is 0 Å². The Balaban J connectivity index is 0.00000147. The number of rotatable bonds is 1. The molecule has 0 saturated carbocycles. The van der Waals surface area contributed by atoms with Crippen molar-refractivity contribution in [1.82, 2.24) is 4.98 Å². The van der Waals surface area contributed by atoms with Crippen molar-refractivity contribution >= 4 is 16.6 Å². The van der Waals surface area contributed by atoms with Crippen molar-refractivity contribution in [1.29, 1.82) is 0 Å². The molecule has 1 aromatic heterocycles. The second-order valence-corrected chi connectivity index (χ2v) is 4.92. The molecule has 1 aliphatic rings. The van der Waals surface area contributed by atoms with E-state index in [2.05, 4.69) is 9.88 Å². The zero-order chi connectivity index (χ0) is 13.2. The van der Waals surface area contributed by atoms with Gasteiger partial charge in [-0.15, -0.1) is 0 Å². The Kier molecular flexibility index (Phi) is 5.83. The number of pyridine rings is 1. The quantitative estimate of drug-likeness (QED) is 0.624. The van der Waals surface area contributed by atoms with Crippen molar-refractivity contribution in [3.8, 4) is 5.75 Å². The molecule has 1 saturated heterocycles. The third-order valence-corrected chi connectivity index (χ3v) is 3.47. The maximum Gasteiger partial charge on any atom is 1.00 e. The van der Waals surface area contributed by atoms with Gasteiger partial charge in [0, 0.05) is 31.1 Å². The maximum atomic E-state index is 12.0. The zero-order valence-corrected chi connectivity index (χ0v) is 15.2. The van der Waals surface area contributed by atoms with E-state index in [0.717, 1.165) is 49.6 Å². The van der Waals surface area contributed by atoms with Gasteiger partial charge in [0.15, 0.2) is 0 Å². The Labute approximate surface area is 161 Å². The number of aryl methyl sites for hydroxylation is 1. The second-order valence-electron chi connectivity index (χ2n) is 4.92. The van der Waals surface area contributed by atoms with Crippen LogP contribution >= 0.6 is 0 Å². The van der Waals surface area contributed by atoms with Crippen LogP contribution in [0.5, 0.6) is 5.75 Å². The Hall–Kier alpha value is -0.174. The molecule has 100 valence electrons. The van der Waals surface area contributed by atoms with Crippen LogP contribution in [-0.2, 0) is 4.74 Å². The largest absolute Gasteiger partial charge is 1.00 e. The van der Waals surface area contributed by atoms with E-state index in [-0.39, 0.29) is 57.1 Å². The van der Waals surface area contributed by atoms with Crippen LogP contribution in [0.4, 0.5) is 5.69 Å². The fourth-order valence-corrected chi connectivity index (χ4v) is 2.51. The molecule has 0 unspecified atom stereocenters. The van der Waals surface area contributed by atoms with Crippen molar-refractivity contribution in [2.45, 2.75) is 13.3 Å². The van der Waals surface area contributed by atoms with Gasteiger partial charge in [0.2, 0.25) is 0 Å². The van der Waals surface area contributed by atoms with Gasteiger partial charge >= 0.3 is 51.4 Å². The summed E-state index contributed by atoms with van der Waals surface area (Å²) in [6.07, 6.45) is 1.02. The van der Waals surface area contributed by atoms with Crippen LogP contribution < -0.4 is 61.4 Å². The SMILES string of the molecule is Cc1cc([O-])c2cc(N3CCCOCC3)ccc2n1.[K+]. The summed E-state index contributed by atoms with van der Waals surface area (Å²) in [5.74, 6) is 0.0513. The molecule has 0 atom stereocenters. The molecule has 0 aliphatic carbocycles. The zero-order valence-electron chi connectivity index (χ0n) is 12.1. The Morgan fingerprint density at radius 1 is 1.20 bits per heavy atom. The fourth-order valence-electron chi connectivity index (χ4n) is 2.51. The molecule has 0 radical (unpaired) electrons. The molecule has 0 amide bonds. The first-order valence-corrected chi connectivity index (χ1v) is 6.65. The molecule has 20 heavy (non-hydrogen) atoms. The maximum absolute atomic E-state index is 12.0. The van der Waals surface area contributed by atoms with Gasteiger partial charge in [-0.05, 0) is 43.0 Å². The molecule has 0 spiro atoms. The van der Waals surface area contributed by atoms with E-state index in [1.165, 1.54) is 0 Å². The van der Waals surface area contributed by atoms with E-state index in [1.54, 1.807) is 6.07 Å². The van der Waals surface area contributed by atoms with Crippen LogP contribution in [0.15, 0.2) is 24.3 Å². The normalized spacial score (nSPS) is 15.8. The van der Waals surface area contributed by atoms with Crippen molar-refractivity contribution in [3.63, 3.8) is 0 Å². The van der Waals surface area contributed by atoms with Crippen LogP contribution in [0.3, 0.4) is 0 Å². The molecular formula is C15H17KN2O2. The monoisotopic (exact) mass is 296 g/mol. The molecule has 1 fully saturated rings. The number of anilines is 1. The van der Waals surface area contributed by atoms with E-state index >= 15 is 0 Å². The number of fused-ring (bicyclic) bond motifs is 1. The minimum atomic E-state index is 0. The van der Waals surface area contributed by atoms with E-state index in [9.17, 15) is 5.11 Å². The summed E-state index contributed by atoms with van der Waals surface area (Å²) in [7, 11) is 0. The van der Waals surface area contributed by atoms with E-state index in [1.807, 2.05) is 25.1 Å². The summed E-state index contributed by atoms with van der Waals surface area (Å²) in [6.45, 7) is 5.25. The first kappa shape index (κ1) is 16.2. The number of nitrogens with zero attached hydrogens (tertiary/aromatic N) is 2. The molecular weight excluding hydrogens is 279 g/mol. The average molecular weight is 296 g/mol. The molecule has 1 aliphatic heterocycles. The van der Waals surface area contributed by atoms with Crippen LogP contribution in [0.25, 0.3) is 10.9 Å². The van der Waals surface area contributed by atoms with E-state index in [4.69, 9.17) is 4.74 Å². The van der Waals surface area contributed by atoms with Gasteiger partial charge in [0.1, 0.15) is 0 Å². The van der Waals surface area contributed by atoms with Crippen molar-refractivity contribution < 1.29 is 61.2 Å². The van der Waals surface area contributed by atoms with Gasteiger partial charge in [0.05, 0.1) is 12.1 Å². The third-order valence-electron chi connectivity index (χ3n) is 3.47. The van der Waals surface area contributed by atoms with Gasteiger partial charge in [-0.1, -0.05) is 5.75 Å². The molecule has 0 N–H and O–H groups in total. The molecule has 4 nitrogen and oxygen atoms in total. The summed E-state index contributed by atoms with van der Waals surface area (Å²) < 4.78 is 5.46. The van der Waals surface area contributed by atoms with Crippen molar-refractivity contribution in [3.05, 3.63) is 30.0 Å². The number of hydrogen-bond donors (Lipinski definition) is 0. The summed E-state index contributed by atoms with van der Waals surface area (Å²) in [5.41, 5.74) is 2.63. The molecule has 5 heteroatoms. The van der Waals surface area contributed by atoms with Crippen molar-refractivity contribution in [2.75, 3.05) is 31.2 Å². The Morgan fingerprint density at radius 2 is 2.05 bits per heavy atom. The van der Waals surface area contributed by atoms with Gasteiger partial charge in [-0.3, -0.25) is 4.98 Å². The smallest absolute Gasteiger partial charge is 0.872 e. The Morgan fingerprint density at radius 3 is 2.90 bits per heavy atom. The second kappa shape index (κ2) is 7.20. The third kappa shape index (κ3) is 3.53. The number of hydrogen-bond acceptors (Lipinski definition) is 4. The van der Waals surface area contributed by atoms with E-state index in [0.29, 0.717) is 5.39 Å². The molecule has 2 heterocycles. The molecule has 1 aromatic carbocycles. The standard InChI is InChI=1S/C15H18N2O2.K/c1-11-9-15(18)13-10-12(3-4-14(13)16-11)17-5-2-7-19-8-6-17;/h3-4,9-10H,2,5-8H2,1H3,(H,16,18);/q;+1/p-1. The number of ether oxygens (including phenoxy) is 1. The van der Waals surface area contributed by atoms with Gasteiger partial charge in [-0.2, -0.15) is 0 Å². The predicted octanol–water partition coefficient (Wildman–Crippen LogP) is -1.15. The van der Waals surface area contributed by atoms with Crippen LogP contribution in [0, 0.1) is 6.92 Å². The first-order chi connectivity index (χ1) is 9.24.